The summed E-state index contributed by atoms with van der Waals surface area (Å²) < 4.78 is 3.04. The van der Waals surface area contributed by atoms with E-state index < -0.39 is 0 Å². The number of rotatable bonds is 2. The van der Waals surface area contributed by atoms with Gasteiger partial charge in [-0.3, -0.25) is 0 Å². The average Bonchev–Trinajstić information content (AvgIpc) is 2.21. The molecule has 0 bridgehead atoms. The molecule has 0 nitrogen and oxygen atoms in total. The summed E-state index contributed by atoms with van der Waals surface area (Å²) in [6.07, 6.45) is 0. The van der Waals surface area contributed by atoms with Crippen LogP contribution in [0.2, 0.25) is 0 Å². The zero-order valence-corrected chi connectivity index (χ0v) is 13.4. The minimum atomic E-state index is -0.335. The molecule has 16 heavy (non-hydrogen) atoms. The predicted octanol–water partition coefficient (Wildman–Crippen LogP) is 2.61. The molecule has 0 fully saturated rings. The summed E-state index contributed by atoms with van der Waals surface area (Å²) in [7, 11) is 0. The summed E-state index contributed by atoms with van der Waals surface area (Å²) in [6, 6.07) is 21.5. The first kappa shape index (κ1) is 18.5. The first-order valence-electron chi connectivity index (χ1n) is 4.27. The third-order valence-corrected chi connectivity index (χ3v) is 4.95. The Labute approximate surface area is 126 Å². The molecule has 2 rings (SSSR count). The minimum absolute atomic E-state index is 0. The summed E-state index contributed by atoms with van der Waals surface area (Å²) >= 11 is -0.335. The van der Waals surface area contributed by atoms with E-state index in [9.17, 15) is 0 Å². The Morgan fingerprint density at radius 2 is 0.812 bits per heavy atom. The second-order valence-corrected chi connectivity index (χ2v) is 6.37. The molecule has 0 aliphatic heterocycles. The van der Waals surface area contributed by atoms with Crippen LogP contribution in [-0.2, 0) is 0 Å². The van der Waals surface area contributed by atoms with Gasteiger partial charge in [0.25, 0.3) is 0 Å². The van der Waals surface area contributed by atoms with Crippen LogP contribution < -0.4 is 7.02 Å². The number of benzene rings is 2. The average molecular weight is 385 g/mol. The van der Waals surface area contributed by atoms with Gasteiger partial charge in [0.05, 0.1) is 0 Å². The van der Waals surface area contributed by atoms with Gasteiger partial charge in [-0.15, -0.1) is 37.2 Å². The molecule has 0 N–H and O–H groups in total. The van der Waals surface area contributed by atoms with E-state index in [-0.39, 0.29) is 58.8 Å². The van der Waals surface area contributed by atoms with Crippen LogP contribution in [0.1, 0.15) is 0 Å². The second kappa shape index (κ2) is 10.3. The van der Waals surface area contributed by atoms with E-state index >= 15 is 0 Å². The van der Waals surface area contributed by atoms with Gasteiger partial charge in [0.1, 0.15) is 0 Å². The number of halogens is 3. The van der Waals surface area contributed by atoms with E-state index in [1.807, 2.05) is 0 Å². The number of hydrogen-bond acceptors (Lipinski definition) is 0. The molecule has 87 valence electrons. The quantitative estimate of drug-likeness (QED) is 0.698. The van der Waals surface area contributed by atoms with Gasteiger partial charge in [-0.05, 0) is 0 Å². The SMILES string of the molecule is Cl.Cl.Cl.c1cc[c]([Sb][c]2ccccc2)cc1. The Hall–Kier alpha value is 0.128. The Bertz CT molecular complexity index is 327. The van der Waals surface area contributed by atoms with Gasteiger partial charge in [-0.2, -0.15) is 0 Å². The topological polar surface area (TPSA) is 0 Å². The summed E-state index contributed by atoms with van der Waals surface area (Å²) in [5.41, 5.74) is 0. The monoisotopic (exact) mass is 383 g/mol. The van der Waals surface area contributed by atoms with Gasteiger partial charge in [-0.1, -0.05) is 0 Å². The maximum atomic E-state index is 2.23. The molecular weight excluding hydrogens is 372 g/mol. The molecule has 2 aromatic carbocycles. The fourth-order valence-electron chi connectivity index (χ4n) is 1.15. The molecule has 0 spiro atoms. The van der Waals surface area contributed by atoms with Crippen molar-refractivity contribution in [2.75, 3.05) is 0 Å². The van der Waals surface area contributed by atoms with Crippen molar-refractivity contribution in [3.63, 3.8) is 0 Å². The van der Waals surface area contributed by atoms with Gasteiger partial charge >= 0.3 is 89.3 Å². The Morgan fingerprint density at radius 1 is 0.500 bits per heavy atom. The van der Waals surface area contributed by atoms with E-state index in [0.29, 0.717) is 0 Å². The molecule has 0 aromatic heterocycles. The standard InChI is InChI=1S/2C6H5.3ClH.Sb/c2*1-2-4-6-5-3-1;;;;/h2*1-5H;3*1H;. The zero-order chi connectivity index (χ0) is 8.93. The molecule has 0 unspecified atom stereocenters. The normalized spacial score (nSPS) is 8.00. The van der Waals surface area contributed by atoms with Crippen molar-refractivity contribution in [3.8, 4) is 0 Å². The van der Waals surface area contributed by atoms with Crippen molar-refractivity contribution < 1.29 is 0 Å². The van der Waals surface area contributed by atoms with E-state index in [1.165, 1.54) is 7.02 Å². The molecule has 0 atom stereocenters. The van der Waals surface area contributed by atoms with Gasteiger partial charge in [0.2, 0.25) is 0 Å². The van der Waals surface area contributed by atoms with E-state index in [0.717, 1.165) is 0 Å². The number of hydrogen-bond donors (Lipinski definition) is 0. The predicted molar refractivity (Wildman–Crippen MR) is 79.7 cm³/mol. The molecule has 0 saturated carbocycles. The van der Waals surface area contributed by atoms with Crippen LogP contribution in [-0.4, -0.2) is 21.6 Å². The van der Waals surface area contributed by atoms with Crippen LogP contribution in [0.15, 0.2) is 60.7 Å². The van der Waals surface area contributed by atoms with Gasteiger partial charge < -0.3 is 0 Å². The van der Waals surface area contributed by atoms with Crippen molar-refractivity contribution in [1.29, 1.82) is 0 Å². The van der Waals surface area contributed by atoms with Crippen molar-refractivity contribution in [1.82, 2.24) is 0 Å². The Morgan fingerprint density at radius 3 is 1.12 bits per heavy atom. The fourth-order valence-corrected chi connectivity index (χ4v) is 3.84. The van der Waals surface area contributed by atoms with Crippen LogP contribution in [0.3, 0.4) is 0 Å². The van der Waals surface area contributed by atoms with E-state index in [1.54, 1.807) is 0 Å². The molecule has 0 aliphatic rings. The second-order valence-electron chi connectivity index (χ2n) is 2.78. The van der Waals surface area contributed by atoms with E-state index in [2.05, 4.69) is 60.7 Å². The molecule has 2 aromatic rings. The van der Waals surface area contributed by atoms with Crippen molar-refractivity contribution in [2.24, 2.45) is 0 Å². The van der Waals surface area contributed by atoms with Gasteiger partial charge in [-0.25, -0.2) is 0 Å². The van der Waals surface area contributed by atoms with Crippen LogP contribution in [0.4, 0.5) is 0 Å². The van der Waals surface area contributed by atoms with Crippen molar-refractivity contribution in [3.05, 3.63) is 60.7 Å². The molecule has 0 amide bonds. The summed E-state index contributed by atoms with van der Waals surface area (Å²) in [4.78, 5) is 0. The molecule has 0 saturated heterocycles. The molecule has 0 aliphatic carbocycles. The van der Waals surface area contributed by atoms with Crippen LogP contribution in [0.5, 0.6) is 0 Å². The van der Waals surface area contributed by atoms with Crippen molar-refractivity contribution >= 4 is 65.9 Å². The van der Waals surface area contributed by atoms with E-state index in [4.69, 9.17) is 0 Å². The van der Waals surface area contributed by atoms with Gasteiger partial charge in [0.15, 0.2) is 0 Å². The van der Waals surface area contributed by atoms with Crippen LogP contribution in [0, 0.1) is 0 Å². The maximum absolute atomic E-state index is 2.23. The van der Waals surface area contributed by atoms with Crippen LogP contribution in [0.25, 0.3) is 0 Å². The molecule has 1 radical (unpaired) electrons. The Kier molecular flexibility index (Phi) is 11.9. The first-order chi connectivity index (χ1) is 6.45. The van der Waals surface area contributed by atoms with Crippen LogP contribution >= 0.6 is 37.2 Å². The molecule has 4 heteroatoms. The molecular formula is C12H13Cl3Sb. The fraction of sp³-hybridized carbons (Fsp3) is 0. The zero-order valence-electron chi connectivity index (χ0n) is 8.45. The van der Waals surface area contributed by atoms with Gasteiger partial charge in [0, 0.05) is 0 Å². The first-order valence-corrected chi connectivity index (χ1v) is 6.82. The Balaban J connectivity index is 0. The third-order valence-electron chi connectivity index (χ3n) is 1.77. The third kappa shape index (κ3) is 6.01. The summed E-state index contributed by atoms with van der Waals surface area (Å²) in [5, 5.41) is 0. The summed E-state index contributed by atoms with van der Waals surface area (Å²) in [5.74, 6) is 0. The molecule has 0 heterocycles. The summed E-state index contributed by atoms with van der Waals surface area (Å²) in [6.45, 7) is 0. The van der Waals surface area contributed by atoms with Crippen molar-refractivity contribution in [2.45, 2.75) is 0 Å².